The molecule has 109 heavy (non-hydrogen) atoms. The van der Waals surface area contributed by atoms with Gasteiger partial charge >= 0.3 is 0 Å². The van der Waals surface area contributed by atoms with Crippen LogP contribution in [0.25, 0.3) is 0 Å². The number of methoxy groups -OCH3 is 6. The van der Waals surface area contributed by atoms with Gasteiger partial charge in [-0.25, -0.2) is 0 Å². The normalized spacial score (nSPS) is 15.8. The van der Waals surface area contributed by atoms with Crippen molar-refractivity contribution in [2.75, 3.05) is 62.3 Å². The minimum atomic E-state index is -0.427. The van der Waals surface area contributed by atoms with Crippen molar-refractivity contribution in [1.29, 1.82) is 0 Å². The zero-order valence-corrected chi connectivity index (χ0v) is 68.8. The summed E-state index contributed by atoms with van der Waals surface area (Å²) >= 11 is 7.68. The van der Waals surface area contributed by atoms with E-state index in [9.17, 15) is 0 Å². The Morgan fingerprint density at radius 1 is 0.239 bits per heavy atom. The van der Waals surface area contributed by atoms with Crippen LogP contribution in [0.4, 0.5) is 68.2 Å². The Labute approximate surface area is 660 Å². The Balaban J connectivity index is 0.000000157. The molecule has 0 aliphatic carbocycles. The maximum Gasteiger partial charge on any atom is 0.119 e. The first-order valence-electron chi connectivity index (χ1n) is 37.5. The summed E-state index contributed by atoms with van der Waals surface area (Å²) < 4.78 is 35.1. The first-order valence-corrected chi connectivity index (χ1v) is 39.1. The van der Waals surface area contributed by atoms with Gasteiger partial charge < -0.3 is 48.0 Å². The van der Waals surface area contributed by atoms with Crippen molar-refractivity contribution in [1.82, 2.24) is 0 Å². The Kier molecular flexibility index (Phi) is 17.8. The predicted molar refractivity (Wildman–Crippen MR) is 455 cm³/mol. The highest BCUT2D eigenvalue weighted by atomic mass is 79.9. The molecule has 12 heteroatoms. The van der Waals surface area contributed by atoms with Crippen molar-refractivity contribution in [2.45, 2.75) is 122 Å². The Hall–Kier alpha value is -10.4. The summed E-state index contributed by atoms with van der Waals surface area (Å²) in [6.45, 7) is 28.7. The number of nitrogens with zero attached hydrogens (tertiary/aromatic N) is 4. The third-order valence-electron chi connectivity index (χ3n) is 24.4. The van der Waals surface area contributed by atoms with E-state index in [1.165, 1.54) is 112 Å². The van der Waals surface area contributed by atoms with Crippen LogP contribution in [-0.2, 0) is 38.9 Å². The van der Waals surface area contributed by atoms with Crippen LogP contribution in [0.15, 0.2) is 239 Å². The molecule has 12 aromatic carbocycles. The zero-order chi connectivity index (χ0) is 76.8. The molecule has 0 unspecified atom stereocenters. The fraction of sp³-hybridized carbons (Fsp3) is 0.258. The van der Waals surface area contributed by atoms with Crippen LogP contribution in [0.1, 0.15) is 161 Å². The van der Waals surface area contributed by atoms with Gasteiger partial charge in [-0.2, -0.15) is 0 Å². The van der Waals surface area contributed by atoms with E-state index >= 15 is 0 Å². The van der Waals surface area contributed by atoms with Gasteiger partial charge in [-0.3, -0.25) is 0 Å². The fourth-order valence-corrected chi connectivity index (χ4v) is 19.1. The third-order valence-corrected chi connectivity index (χ3v) is 25.3. The smallest absolute Gasteiger partial charge is 0.119 e. The Morgan fingerprint density at radius 2 is 0.422 bits per heavy atom. The maximum absolute atomic E-state index is 5.62. The first-order chi connectivity index (χ1) is 52.1. The molecule has 0 spiro atoms. The first kappa shape index (κ1) is 72.8. The van der Waals surface area contributed by atoms with Crippen LogP contribution in [0, 0.1) is 0 Å². The lowest BCUT2D eigenvalue weighted by atomic mass is 9.60. The van der Waals surface area contributed by atoms with E-state index in [1.807, 2.05) is 72.8 Å². The van der Waals surface area contributed by atoms with Crippen LogP contribution in [0.2, 0.25) is 0 Å². The second kappa shape index (κ2) is 26.7. The molecule has 0 saturated carbocycles. The molecule has 0 bridgehead atoms. The predicted octanol–water partition coefficient (Wildman–Crippen LogP) is 25.9. The highest BCUT2D eigenvalue weighted by Crippen LogP contribution is 2.70. The zero-order valence-electron chi connectivity index (χ0n) is 65.6. The largest absolute Gasteiger partial charge is 0.497 e. The average Bonchev–Trinajstić information content (AvgIpc) is 0.670. The molecule has 6 heterocycles. The van der Waals surface area contributed by atoms with Gasteiger partial charge in [0, 0.05) is 75.6 Å². The van der Waals surface area contributed by atoms with Gasteiger partial charge in [0.1, 0.15) is 34.5 Å². The summed E-state index contributed by atoms with van der Waals surface area (Å²) in [5.74, 6) is 5.04. The van der Waals surface area contributed by atoms with Crippen molar-refractivity contribution in [3.8, 4) is 34.5 Å². The fourth-order valence-electron chi connectivity index (χ4n) is 18.1. The van der Waals surface area contributed by atoms with E-state index in [4.69, 9.17) is 28.4 Å². The van der Waals surface area contributed by atoms with E-state index in [1.54, 1.807) is 42.7 Å². The van der Waals surface area contributed by atoms with Gasteiger partial charge in [0.25, 0.3) is 0 Å². The minimum absolute atomic E-state index is 0.0633. The molecule has 12 aromatic rings. The monoisotopic (exact) mass is 1570 g/mol. The van der Waals surface area contributed by atoms with Gasteiger partial charge in [-0.1, -0.05) is 176 Å². The summed E-state index contributed by atoms with van der Waals surface area (Å²) in [7, 11) is 10.2. The summed E-state index contributed by atoms with van der Waals surface area (Å²) in [6.07, 6.45) is 0.925. The molecule has 0 aromatic heterocycles. The lowest BCUT2D eigenvalue weighted by molar-refractivity contribution is 0.414. The Morgan fingerprint density at radius 3 is 0.633 bits per heavy atom. The summed E-state index contributed by atoms with van der Waals surface area (Å²) in [6, 6.07) is 82.7. The second-order valence-corrected chi connectivity index (χ2v) is 34.5. The van der Waals surface area contributed by atoms with Crippen molar-refractivity contribution >= 4 is 100 Å². The lowest BCUT2D eigenvalue weighted by Crippen LogP contribution is -2.43. The number of halogens is 2. The van der Waals surface area contributed by atoms with Crippen molar-refractivity contribution < 1.29 is 28.4 Å². The maximum atomic E-state index is 5.62. The molecule has 0 atom stereocenters. The van der Waals surface area contributed by atoms with E-state index in [0.29, 0.717) is 0 Å². The molecule has 0 N–H and O–H groups in total. The molecule has 6 aliphatic rings. The van der Waals surface area contributed by atoms with E-state index in [2.05, 4.69) is 292 Å². The van der Waals surface area contributed by atoms with Gasteiger partial charge in [0.2, 0.25) is 0 Å². The second-order valence-electron chi connectivity index (χ2n) is 32.6. The highest BCUT2D eigenvalue weighted by Gasteiger charge is 2.55. The Bertz CT molecular complexity index is 5150. The number of para-hydroxylation sites is 2. The van der Waals surface area contributed by atoms with E-state index < -0.39 is 5.41 Å². The summed E-state index contributed by atoms with van der Waals surface area (Å²) in [4.78, 5) is 9.95. The quantitative estimate of drug-likeness (QED) is 0.105. The molecule has 18 rings (SSSR count). The lowest BCUT2D eigenvalue weighted by Gasteiger charge is -2.55. The molecule has 0 fully saturated rings. The van der Waals surface area contributed by atoms with E-state index in [0.717, 1.165) is 84.0 Å². The van der Waals surface area contributed by atoms with Gasteiger partial charge in [0.05, 0.1) is 76.8 Å². The number of hydrogen-bond donors (Lipinski definition) is 0. The number of rotatable bonds is 14. The number of ether oxygens (including phenoxy) is 6. The van der Waals surface area contributed by atoms with Gasteiger partial charge in [-0.15, -0.1) is 0 Å². The van der Waals surface area contributed by atoms with Crippen LogP contribution >= 0.6 is 31.9 Å². The van der Waals surface area contributed by atoms with Gasteiger partial charge in [0.15, 0.2) is 0 Å². The average molecular weight is 1570 g/mol. The molecule has 0 amide bonds. The topological polar surface area (TPSA) is 68.3 Å². The number of anilines is 12. The summed E-state index contributed by atoms with van der Waals surface area (Å²) in [5, 5.41) is 0. The van der Waals surface area contributed by atoms with Crippen molar-refractivity contribution in [2.24, 2.45) is 0 Å². The van der Waals surface area contributed by atoms with Crippen molar-refractivity contribution in [3.63, 3.8) is 0 Å². The molecule has 552 valence electrons. The summed E-state index contributed by atoms with van der Waals surface area (Å²) in [5.41, 5.74) is 31.9. The minimum Gasteiger partial charge on any atom is -0.497 e. The van der Waals surface area contributed by atoms with Crippen LogP contribution in [-0.4, -0.2) is 42.7 Å². The highest BCUT2D eigenvalue weighted by molar-refractivity contribution is 9.10. The molecular weight excluding hydrogens is 1480 g/mol. The number of benzene rings is 12. The molecule has 0 saturated heterocycles. The molecule has 6 aliphatic heterocycles. The molecular formula is C97H94Br2N4O6. The SMILES string of the molecule is CC1(C)c2cccc3c2N2c4c1cc(Br)cc4C(C)(C)c1cc(Br)cc(c12)C3(C)C.COc1ccc(Cc2ccc(OC)cc2)cc1.COc1ccc(N(c2ccc(OC)cc2)c2cc3c4c(c2)C(C)(C)c2cc(N(c5ccc(OC)cc5)c5ccc(OC)cc5)cc5c2N4c2c(cccc2C5(C)C)C3(C)C)cc1. The number of hydrogen-bond acceptors (Lipinski definition) is 10. The van der Waals surface area contributed by atoms with Crippen LogP contribution in [0.3, 0.4) is 0 Å². The standard InChI is InChI=1S/C55H53N3O4.C27H25Br2N.C15H16O2/c1-53(2)44-12-11-13-45-50(44)58-51-46(53)30-38(56(34-14-22-40(59-7)23-15-34)35-16-24-41(60-8)25-17-35)32-48(51)55(5,6)49-33-39(31-47(52(49)58)54(45,3)4)57(36-18-26-42(61-9)27-19-36)37-20-28-43(62-10)29-21-37;1-25(2)16-8-7-9-17-22(16)30-23-18(25)10-14(28)12-20(23)27(5,6)21-13-15(29)11-19(24(21)30)26(17,3)4;1-16-14-7-3-12(4-8-14)11-13-5-9-15(17-2)10-6-13/h11-33H,1-10H3;7-13H,1-6H3;3-10H,11H2,1-2H3. The van der Waals surface area contributed by atoms with Crippen LogP contribution in [0.5, 0.6) is 34.5 Å². The molecule has 0 radical (unpaired) electrons. The van der Waals surface area contributed by atoms with Gasteiger partial charge in [-0.05, 0) is 254 Å². The van der Waals surface area contributed by atoms with Crippen molar-refractivity contribution in [3.05, 3.63) is 317 Å². The molecule has 10 nitrogen and oxygen atoms in total. The third kappa shape index (κ3) is 11.6. The van der Waals surface area contributed by atoms with Crippen LogP contribution < -0.4 is 48.0 Å². The van der Waals surface area contributed by atoms with E-state index in [-0.39, 0.29) is 27.1 Å².